The third-order valence-corrected chi connectivity index (χ3v) is 4.55. The minimum Gasteiger partial charge on any atom is -0.330 e. The maximum Gasteiger partial charge on any atom is 0.0975 e. The molecule has 1 heterocycles. The van der Waals surface area contributed by atoms with Gasteiger partial charge in [-0.25, -0.2) is 0 Å². The van der Waals surface area contributed by atoms with Crippen LogP contribution in [0, 0.1) is 13.8 Å². The Kier molecular flexibility index (Phi) is 4.66. The number of aromatic nitrogens is 2. The van der Waals surface area contributed by atoms with Gasteiger partial charge in [-0.2, -0.15) is 5.10 Å². The van der Waals surface area contributed by atoms with Crippen molar-refractivity contribution in [3.8, 4) is 0 Å². The molecule has 102 valence electrons. The van der Waals surface area contributed by atoms with E-state index in [4.69, 9.17) is 5.73 Å². The summed E-state index contributed by atoms with van der Waals surface area (Å²) in [6, 6.07) is 8.52. The average Bonchev–Trinajstić information content (AvgIpc) is 2.64. The molecule has 2 aromatic rings. The third-order valence-electron chi connectivity index (χ3n) is 3.31. The normalized spacial score (nSPS) is 10.9. The van der Waals surface area contributed by atoms with Gasteiger partial charge in [0.25, 0.3) is 0 Å². The zero-order chi connectivity index (χ0) is 13.8. The van der Waals surface area contributed by atoms with Crippen LogP contribution >= 0.6 is 11.8 Å². The summed E-state index contributed by atoms with van der Waals surface area (Å²) < 4.78 is 1.98. The zero-order valence-corrected chi connectivity index (χ0v) is 12.6. The predicted octanol–water partition coefficient (Wildman–Crippen LogP) is 2.83. The van der Waals surface area contributed by atoms with Crippen LogP contribution in [0.25, 0.3) is 0 Å². The maximum absolute atomic E-state index is 5.69. The van der Waals surface area contributed by atoms with Gasteiger partial charge in [-0.3, -0.25) is 4.68 Å². The van der Waals surface area contributed by atoms with Crippen molar-refractivity contribution in [3.63, 3.8) is 0 Å². The number of rotatable bonds is 5. The predicted molar refractivity (Wildman–Crippen MR) is 81.4 cm³/mol. The summed E-state index contributed by atoms with van der Waals surface area (Å²) in [5, 5.41) is 5.75. The second-order valence-corrected chi connectivity index (χ2v) is 5.71. The number of nitrogens with zero attached hydrogens (tertiary/aromatic N) is 2. The molecule has 19 heavy (non-hydrogen) atoms. The van der Waals surface area contributed by atoms with Crippen LogP contribution in [0.2, 0.25) is 0 Å². The van der Waals surface area contributed by atoms with Gasteiger partial charge in [-0.1, -0.05) is 24.3 Å². The molecule has 1 aromatic carbocycles. The summed E-state index contributed by atoms with van der Waals surface area (Å²) >= 11 is 1.85. The molecule has 4 heteroatoms. The summed E-state index contributed by atoms with van der Waals surface area (Å²) in [5.41, 5.74) is 10.8. The first kappa shape index (κ1) is 14.2. The molecule has 3 nitrogen and oxygen atoms in total. The molecule has 0 bridgehead atoms. The van der Waals surface area contributed by atoms with E-state index < -0.39 is 0 Å². The molecule has 0 aliphatic carbocycles. The first-order valence-corrected chi connectivity index (χ1v) is 7.52. The van der Waals surface area contributed by atoms with Crippen LogP contribution in [-0.2, 0) is 19.2 Å². The molecule has 0 saturated carbocycles. The Morgan fingerprint density at radius 2 is 2.00 bits per heavy atom. The third kappa shape index (κ3) is 3.19. The minimum atomic E-state index is 0.671. The fraction of sp³-hybridized carbons (Fsp3) is 0.400. The van der Waals surface area contributed by atoms with Crippen LogP contribution < -0.4 is 5.73 Å². The van der Waals surface area contributed by atoms with Crippen molar-refractivity contribution in [1.29, 1.82) is 0 Å². The van der Waals surface area contributed by atoms with E-state index in [1.807, 2.05) is 23.5 Å². The average molecular weight is 275 g/mol. The number of thioether (sulfide) groups is 1. The Labute approximate surface area is 119 Å². The maximum atomic E-state index is 5.69. The summed E-state index contributed by atoms with van der Waals surface area (Å²) in [6.45, 7) is 4.89. The number of nitrogens with two attached hydrogens (primary N) is 1. The van der Waals surface area contributed by atoms with Gasteiger partial charge in [0.1, 0.15) is 0 Å². The number of hydrogen-bond acceptors (Lipinski definition) is 3. The molecular formula is C15H21N3S. The van der Waals surface area contributed by atoms with E-state index in [2.05, 4.69) is 43.2 Å². The van der Waals surface area contributed by atoms with E-state index in [1.165, 1.54) is 21.7 Å². The highest BCUT2D eigenvalue weighted by atomic mass is 32.2. The van der Waals surface area contributed by atoms with Gasteiger partial charge in [-0.05, 0) is 37.9 Å². The lowest BCUT2D eigenvalue weighted by Gasteiger charge is -2.08. The van der Waals surface area contributed by atoms with Crippen molar-refractivity contribution in [2.45, 2.75) is 31.0 Å². The summed E-state index contributed by atoms with van der Waals surface area (Å²) in [6.07, 6.45) is 0.899. The fourth-order valence-corrected chi connectivity index (χ4v) is 3.48. The van der Waals surface area contributed by atoms with E-state index in [9.17, 15) is 0 Å². The van der Waals surface area contributed by atoms with Gasteiger partial charge in [0.05, 0.1) is 10.7 Å². The van der Waals surface area contributed by atoms with Crippen molar-refractivity contribution >= 4 is 11.8 Å². The molecule has 0 saturated heterocycles. The Hall–Kier alpha value is -1.26. The van der Waals surface area contributed by atoms with Crippen molar-refractivity contribution < 1.29 is 0 Å². The van der Waals surface area contributed by atoms with E-state index in [0.29, 0.717) is 6.54 Å². The lowest BCUT2D eigenvalue weighted by atomic mass is 10.1. The van der Waals surface area contributed by atoms with Gasteiger partial charge >= 0.3 is 0 Å². The van der Waals surface area contributed by atoms with Crippen LogP contribution in [0.1, 0.15) is 22.4 Å². The largest absolute Gasteiger partial charge is 0.330 e. The summed E-state index contributed by atoms with van der Waals surface area (Å²) in [7, 11) is 2.01. The molecule has 0 amide bonds. The van der Waals surface area contributed by atoms with Gasteiger partial charge < -0.3 is 5.73 Å². The lowest BCUT2D eigenvalue weighted by Crippen LogP contribution is -2.04. The first-order chi connectivity index (χ1) is 9.13. The lowest BCUT2D eigenvalue weighted by molar-refractivity contribution is 0.688. The monoisotopic (exact) mass is 275 g/mol. The molecule has 0 fully saturated rings. The molecule has 0 aliphatic heterocycles. The van der Waals surface area contributed by atoms with Crippen molar-refractivity contribution in [3.05, 3.63) is 46.6 Å². The molecule has 0 spiro atoms. The van der Waals surface area contributed by atoms with Crippen LogP contribution in [0.4, 0.5) is 0 Å². The van der Waals surface area contributed by atoms with Crippen LogP contribution in [0.15, 0.2) is 29.3 Å². The Morgan fingerprint density at radius 3 is 2.68 bits per heavy atom. The van der Waals surface area contributed by atoms with Gasteiger partial charge in [-0.15, -0.1) is 11.8 Å². The van der Waals surface area contributed by atoms with Crippen molar-refractivity contribution in [2.75, 3.05) is 6.54 Å². The number of aryl methyl sites for hydroxylation is 3. The van der Waals surface area contributed by atoms with Crippen molar-refractivity contribution in [1.82, 2.24) is 9.78 Å². The van der Waals surface area contributed by atoms with Gasteiger partial charge in [0.15, 0.2) is 0 Å². The Morgan fingerprint density at radius 1 is 1.26 bits per heavy atom. The highest BCUT2D eigenvalue weighted by Gasteiger charge is 2.13. The van der Waals surface area contributed by atoms with E-state index >= 15 is 0 Å². The molecule has 0 atom stereocenters. The molecule has 0 aliphatic rings. The van der Waals surface area contributed by atoms with E-state index in [1.54, 1.807) is 0 Å². The van der Waals surface area contributed by atoms with E-state index in [0.717, 1.165) is 17.9 Å². The van der Waals surface area contributed by atoms with Crippen molar-refractivity contribution in [2.24, 2.45) is 12.8 Å². The smallest absolute Gasteiger partial charge is 0.0975 e. The molecule has 0 radical (unpaired) electrons. The number of hydrogen-bond donors (Lipinski definition) is 1. The molecule has 2 rings (SSSR count). The number of benzene rings is 1. The standard InChI is InChI=1S/C15H21N3S/c1-11-6-4-5-7-13(11)10-19-15-14(8-9-16)12(2)17-18(15)3/h4-7H,8-10,16H2,1-3H3. The minimum absolute atomic E-state index is 0.671. The SMILES string of the molecule is Cc1ccccc1CSc1c(CCN)c(C)nn1C. The van der Waals surface area contributed by atoms with Crippen LogP contribution in [0.3, 0.4) is 0 Å². The highest BCUT2D eigenvalue weighted by Crippen LogP contribution is 2.29. The van der Waals surface area contributed by atoms with Gasteiger partial charge in [0.2, 0.25) is 0 Å². The quantitative estimate of drug-likeness (QED) is 0.853. The second kappa shape index (κ2) is 6.26. The molecular weight excluding hydrogens is 254 g/mol. The van der Waals surface area contributed by atoms with Crippen LogP contribution in [0.5, 0.6) is 0 Å². The Balaban J connectivity index is 2.17. The topological polar surface area (TPSA) is 43.8 Å². The second-order valence-electron chi connectivity index (χ2n) is 4.75. The summed E-state index contributed by atoms with van der Waals surface area (Å²) in [5.74, 6) is 0.975. The molecule has 1 aromatic heterocycles. The van der Waals surface area contributed by atoms with E-state index in [-0.39, 0.29) is 0 Å². The van der Waals surface area contributed by atoms with Gasteiger partial charge in [0, 0.05) is 18.4 Å². The first-order valence-electron chi connectivity index (χ1n) is 6.53. The molecule has 2 N–H and O–H groups in total. The zero-order valence-electron chi connectivity index (χ0n) is 11.8. The highest BCUT2D eigenvalue weighted by molar-refractivity contribution is 7.98. The summed E-state index contributed by atoms with van der Waals surface area (Å²) in [4.78, 5) is 0. The van der Waals surface area contributed by atoms with Crippen LogP contribution in [-0.4, -0.2) is 16.3 Å². The molecule has 0 unspecified atom stereocenters. The Bertz CT molecular complexity index is 561. The fourth-order valence-electron chi connectivity index (χ4n) is 2.21.